The van der Waals surface area contributed by atoms with Gasteiger partial charge in [-0.1, -0.05) is 24.3 Å². The van der Waals surface area contributed by atoms with Crippen molar-refractivity contribution in [3.8, 4) is 5.69 Å². The SMILES string of the molecule is Cc1cc([C@@H]2[C@H](c3ccccn3)NC(=S)N2C[C@H]2CCCO2)c(C)n1-c1ccccc1. The number of aromatic nitrogens is 2. The van der Waals surface area contributed by atoms with Crippen molar-refractivity contribution >= 4 is 17.3 Å². The Balaban J connectivity index is 1.59. The molecule has 2 aliphatic rings. The van der Waals surface area contributed by atoms with Crippen LogP contribution in [0.1, 0.15) is 47.6 Å². The van der Waals surface area contributed by atoms with Gasteiger partial charge in [-0.3, -0.25) is 4.98 Å². The standard InChI is InChI=1S/C25H28N4OS/c1-17-15-21(18(2)29(17)19-9-4-3-5-10-19)24-23(22-12-6-7-13-26-22)27-25(31)28(24)16-20-11-8-14-30-20/h3-7,9-10,12-13,15,20,23-24H,8,11,14,16H2,1-2H3,(H,27,31)/t20-,23+,24-/m1/s1. The van der Waals surface area contributed by atoms with Gasteiger partial charge in [-0.15, -0.1) is 0 Å². The first kappa shape index (κ1) is 20.2. The maximum absolute atomic E-state index is 5.97. The highest BCUT2D eigenvalue weighted by Crippen LogP contribution is 2.41. The molecule has 0 amide bonds. The summed E-state index contributed by atoms with van der Waals surface area (Å²) in [5.41, 5.74) is 5.92. The number of pyridine rings is 1. The summed E-state index contributed by atoms with van der Waals surface area (Å²) in [4.78, 5) is 6.99. The van der Waals surface area contributed by atoms with E-state index in [1.807, 2.05) is 18.3 Å². The van der Waals surface area contributed by atoms with Gasteiger partial charge < -0.3 is 19.5 Å². The number of benzene rings is 1. The highest BCUT2D eigenvalue weighted by molar-refractivity contribution is 7.80. The van der Waals surface area contributed by atoms with Crippen LogP contribution < -0.4 is 5.32 Å². The molecule has 6 heteroatoms. The Labute approximate surface area is 189 Å². The number of aryl methyl sites for hydroxylation is 1. The van der Waals surface area contributed by atoms with Gasteiger partial charge in [0, 0.05) is 36.4 Å². The second kappa shape index (κ2) is 8.44. The van der Waals surface area contributed by atoms with Crippen LogP contribution in [-0.2, 0) is 4.74 Å². The van der Waals surface area contributed by atoms with Crippen LogP contribution in [0.15, 0.2) is 60.8 Å². The van der Waals surface area contributed by atoms with Gasteiger partial charge in [0.25, 0.3) is 0 Å². The lowest BCUT2D eigenvalue weighted by Gasteiger charge is -2.30. The normalized spacial score (nSPS) is 23.4. The first-order valence-electron chi connectivity index (χ1n) is 11.0. The highest BCUT2D eigenvalue weighted by atomic mass is 32.1. The number of para-hydroxylation sites is 1. The molecule has 31 heavy (non-hydrogen) atoms. The number of nitrogens with zero attached hydrogens (tertiary/aromatic N) is 3. The third-order valence-electron chi connectivity index (χ3n) is 6.43. The van der Waals surface area contributed by atoms with E-state index in [0.717, 1.165) is 36.8 Å². The molecule has 0 spiro atoms. The van der Waals surface area contributed by atoms with Crippen LogP contribution in [0.25, 0.3) is 5.69 Å². The molecule has 1 aromatic carbocycles. The summed E-state index contributed by atoms with van der Waals surface area (Å²) >= 11 is 5.83. The highest BCUT2D eigenvalue weighted by Gasteiger charge is 2.42. The summed E-state index contributed by atoms with van der Waals surface area (Å²) in [5, 5.41) is 4.35. The van der Waals surface area contributed by atoms with Crippen LogP contribution >= 0.6 is 12.2 Å². The summed E-state index contributed by atoms with van der Waals surface area (Å²) in [6.45, 7) is 6.02. The number of ether oxygens (including phenoxy) is 1. The summed E-state index contributed by atoms with van der Waals surface area (Å²) in [6.07, 6.45) is 4.29. The lowest BCUT2D eigenvalue weighted by atomic mass is 9.96. The van der Waals surface area contributed by atoms with Crippen molar-refractivity contribution in [1.29, 1.82) is 0 Å². The van der Waals surface area contributed by atoms with E-state index in [2.05, 4.69) is 76.1 Å². The molecule has 0 saturated carbocycles. The molecule has 2 saturated heterocycles. The van der Waals surface area contributed by atoms with Gasteiger partial charge in [-0.25, -0.2) is 0 Å². The van der Waals surface area contributed by atoms with E-state index in [4.69, 9.17) is 17.0 Å². The van der Waals surface area contributed by atoms with Crippen molar-refractivity contribution in [1.82, 2.24) is 19.8 Å². The molecule has 4 heterocycles. The van der Waals surface area contributed by atoms with Crippen molar-refractivity contribution in [3.63, 3.8) is 0 Å². The van der Waals surface area contributed by atoms with Crippen molar-refractivity contribution in [3.05, 3.63) is 83.4 Å². The van der Waals surface area contributed by atoms with E-state index in [0.29, 0.717) is 0 Å². The van der Waals surface area contributed by atoms with Crippen molar-refractivity contribution in [2.75, 3.05) is 13.2 Å². The minimum atomic E-state index is -0.000161. The van der Waals surface area contributed by atoms with Gasteiger partial charge in [0.2, 0.25) is 0 Å². The molecule has 0 radical (unpaired) electrons. The second-order valence-corrected chi connectivity index (χ2v) is 8.80. The van der Waals surface area contributed by atoms with Crippen LogP contribution in [0.4, 0.5) is 0 Å². The van der Waals surface area contributed by atoms with Crippen LogP contribution in [0, 0.1) is 13.8 Å². The first-order valence-corrected chi connectivity index (χ1v) is 11.4. The van der Waals surface area contributed by atoms with Gasteiger partial charge in [0.05, 0.1) is 23.9 Å². The molecule has 0 aliphatic carbocycles. The quantitative estimate of drug-likeness (QED) is 0.595. The van der Waals surface area contributed by atoms with Crippen molar-refractivity contribution < 1.29 is 4.74 Å². The van der Waals surface area contributed by atoms with Crippen LogP contribution in [0.2, 0.25) is 0 Å². The Hall–Kier alpha value is -2.70. The zero-order chi connectivity index (χ0) is 21.4. The Bertz CT molecular complexity index is 1060. The Morgan fingerprint density at radius 3 is 2.65 bits per heavy atom. The molecule has 3 aromatic rings. The van der Waals surface area contributed by atoms with E-state index in [1.54, 1.807) is 0 Å². The fourth-order valence-corrected chi connectivity index (χ4v) is 5.32. The molecule has 2 aliphatic heterocycles. The summed E-state index contributed by atoms with van der Waals surface area (Å²) in [7, 11) is 0. The number of rotatable bonds is 5. The van der Waals surface area contributed by atoms with Gasteiger partial charge in [0.1, 0.15) is 0 Å². The molecule has 160 valence electrons. The fraction of sp³-hybridized carbons (Fsp3) is 0.360. The van der Waals surface area contributed by atoms with E-state index in [9.17, 15) is 0 Å². The molecule has 1 N–H and O–H groups in total. The Morgan fingerprint density at radius 2 is 1.94 bits per heavy atom. The van der Waals surface area contributed by atoms with Crippen molar-refractivity contribution in [2.45, 2.75) is 44.9 Å². The Kier molecular flexibility index (Phi) is 5.50. The number of hydrogen-bond acceptors (Lipinski definition) is 3. The predicted octanol–water partition coefficient (Wildman–Crippen LogP) is 4.64. The summed E-state index contributed by atoms with van der Waals surface area (Å²) in [5.74, 6) is 0. The third-order valence-corrected chi connectivity index (χ3v) is 6.78. The minimum Gasteiger partial charge on any atom is -0.376 e. The van der Waals surface area contributed by atoms with Crippen LogP contribution in [0.5, 0.6) is 0 Å². The number of nitrogens with one attached hydrogen (secondary N) is 1. The monoisotopic (exact) mass is 432 g/mol. The molecule has 3 atom stereocenters. The van der Waals surface area contributed by atoms with Gasteiger partial charge in [-0.05, 0) is 74.8 Å². The molecular formula is C25H28N4OS. The zero-order valence-electron chi connectivity index (χ0n) is 18.0. The third kappa shape index (κ3) is 3.75. The molecule has 2 fully saturated rings. The lowest BCUT2D eigenvalue weighted by molar-refractivity contribution is 0.0842. The first-order chi connectivity index (χ1) is 15.1. The maximum atomic E-state index is 5.97. The fourth-order valence-electron chi connectivity index (χ4n) is 5.01. The number of hydrogen-bond donors (Lipinski definition) is 1. The van der Waals surface area contributed by atoms with E-state index >= 15 is 0 Å². The molecule has 0 unspecified atom stereocenters. The minimum absolute atomic E-state index is 0.000161. The van der Waals surface area contributed by atoms with Crippen molar-refractivity contribution in [2.24, 2.45) is 0 Å². The maximum Gasteiger partial charge on any atom is 0.170 e. The van der Waals surface area contributed by atoms with Gasteiger partial charge in [0.15, 0.2) is 5.11 Å². The lowest BCUT2D eigenvalue weighted by Crippen LogP contribution is -2.36. The topological polar surface area (TPSA) is 42.3 Å². The molecule has 2 aromatic heterocycles. The second-order valence-electron chi connectivity index (χ2n) is 8.41. The van der Waals surface area contributed by atoms with E-state index < -0.39 is 0 Å². The number of thiocarbonyl (C=S) groups is 1. The van der Waals surface area contributed by atoms with E-state index in [1.165, 1.54) is 22.6 Å². The zero-order valence-corrected chi connectivity index (χ0v) is 18.8. The van der Waals surface area contributed by atoms with E-state index in [-0.39, 0.29) is 18.2 Å². The molecule has 5 rings (SSSR count). The summed E-state index contributed by atoms with van der Waals surface area (Å²) < 4.78 is 8.30. The molecular weight excluding hydrogens is 404 g/mol. The van der Waals surface area contributed by atoms with Gasteiger partial charge in [-0.2, -0.15) is 0 Å². The summed E-state index contributed by atoms with van der Waals surface area (Å²) in [6, 6.07) is 19.0. The largest absolute Gasteiger partial charge is 0.376 e. The van der Waals surface area contributed by atoms with Crippen LogP contribution in [-0.4, -0.2) is 38.8 Å². The average molecular weight is 433 g/mol. The smallest absolute Gasteiger partial charge is 0.170 e. The van der Waals surface area contributed by atoms with Crippen LogP contribution in [0.3, 0.4) is 0 Å². The molecule has 0 bridgehead atoms. The predicted molar refractivity (Wildman–Crippen MR) is 126 cm³/mol. The molecule has 5 nitrogen and oxygen atoms in total. The Morgan fingerprint density at radius 1 is 1.13 bits per heavy atom. The average Bonchev–Trinajstić information content (AvgIpc) is 3.49. The van der Waals surface area contributed by atoms with Gasteiger partial charge >= 0.3 is 0 Å².